The number of aromatic amines is 1. The van der Waals surface area contributed by atoms with Crippen molar-refractivity contribution >= 4 is 22.5 Å². The zero-order valence-corrected chi connectivity index (χ0v) is 20.6. The topological polar surface area (TPSA) is 136 Å². The van der Waals surface area contributed by atoms with Crippen molar-refractivity contribution in [3.8, 4) is 6.07 Å². The number of H-pyrrole nitrogens is 1. The van der Waals surface area contributed by atoms with E-state index >= 15 is 0 Å². The zero-order valence-electron chi connectivity index (χ0n) is 20.6. The average molecular weight is 491 g/mol. The molecule has 2 aliphatic heterocycles. The Morgan fingerprint density at radius 3 is 2.69 bits per heavy atom. The Hall–Kier alpha value is -3.23. The minimum atomic E-state index is -0.578. The lowest BCUT2D eigenvalue weighted by Gasteiger charge is -2.34. The van der Waals surface area contributed by atoms with Gasteiger partial charge in [-0.1, -0.05) is 24.3 Å². The van der Waals surface area contributed by atoms with E-state index < -0.39 is 12.3 Å². The molecular formula is C26H34N8O2. The molecule has 4 heterocycles. The molecule has 5 N–H and O–H groups in total. The molecular weight excluding hydrogens is 456 g/mol. The molecule has 2 aromatic heterocycles. The number of piperidine rings is 1. The molecule has 1 aromatic carbocycles. The molecule has 1 saturated heterocycles. The van der Waals surface area contributed by atoms with Crippen molar-refractivity contribution in [3.05, 3.63) is 47.2 Å². The van der Waals surface area contributed by atoms with Crippen molar-refractivity contribution < 1.29 is 10.2 Å². The summed E-state index contributed by atoms with van der Waals surface area (Å²) in [6.45, 7) is 6.07. The van der Waals surface area contributed by atoms with Gasteiger partial charge in [-0.15, -0.1) is 0 Å². The Labute approximate surface area is 210 Å². The van der Waals surface area contributed by atoms with Gasteiger partial charge in [0.1, 0.15) is 17.8 Å². The number of benzene rings is 1. The van der Waals surface area contributed by atoms with Crippen LogP contribution >= 0.6 is 0 Å². The number of nitrogens with one attached hydrogen (secondary N) is 3. The van der Waals surface area contributed by atoms with Crippen LogP contribution in [0.3, 0.4) is 0 Å². The maximum Gasteiger partial charge on any atom is 0.157 e. The first-order valence-electron chi connectivity index (χ1n) is 12.7. The molecule has 1 unspecified atom stereocenters. The highest BCUT2D eigenvalue weighted by atomic mass is 16.3. The molecule has 0 radical (unpaired) electrons. The number of aliphatic hydroxyl groups excluding tert-OH is 2. The van der Waals surface area contributed by atoms with Crippen molar-refractivity contribution in [2.24, 2.45) is 0 Å². The first-order valence-corrected chi connectivity index (χ1v) is 12.7. The quantitative estimate of drug-likeness (QED) is 0.320. The highest BCUT2D eigenvalue weighted by molar-refractivity contribution is 6.00. The zero-order chi connectivity index (χ0) is 25.1. The third-order valence-corrected chi connectivity index (χ3v) is 7.30. The van der Waals surface area contributed by atoms with Crippen molar-refractivity contribution in [3.63, 3.8) is 0 Å². The molecule has 10 heteroatoms. The predicted octanol–water partition coefficient (Wildman–Crippen LogP) is 1.88. The largest absolute Gasteiger partial charge is 0.390 e. The number of nitriles is 1. The monoisotopic (exact) mass is 490 g/mol. The summed E-state index contributed by atoms with van der Waals surface area (Å²) < 4.78 is 0. The Morgan fingerprint density at radius 2 is 1.94 bits per heavy atom. The molecule has 0 amide bonds. The van der Waals surface area contributed by atoms with E-state index in [1.165, 1.54) is 11.1 Å². The standard InChI is InChI=1S/C26H34N8O2/c1-17(35)34-10-7-21(8-11-34)30-26-24-23(20(12-27)13-28-26)25(32-31-24)29-14-22(36)16-33-9-6-18-4-2-3-5-19(18)15-33/h2-5,13,17,21-22,35-36H,6-11,14-16H2,1H3,(H,28,30)(H2,29,31,32)/t17?,22-/m0/s1. The van der Waals surface area contributed by atoms with Crippen molar-refractivity contribution in [1.29, 1.82) is 5.26 Å². The molecule has 3 aromatic rings. The summed E-state index contributed by atoms with van der Waals surface area (Å²) in [5.74, 6) is 1.20. The van der Waals surface area contributed by atoms with Crippen LogP contribution in [0, 0.1) is 11.3 Å². The number of aliphatic hydroxyl groups is 2. The lowest BCUT2D eigenvalue weighted by Crippen LogP contribution is -2.43. The van der Waals surface area contributed by atoms with Crippen LogP contribution in [0.25, 0.3) is 10.9 Å². The summed E-state index contributed by atoms with van der Waals surface area (Å²) in [5.41, 5.74) is 3.82. The number of pyridine rings is 1. The molecule has 190 valence electrons. The maximum absolute atomic E-state index is 10.7. The Morgan fingerprint density at radius 1 is 1.17 bits per heavy atom. The number of fused-ring (bicyclic) bond motifs is 2. The van der Waals surface area contributed by atoms with Crippen LogP contribution in [0.15, 0.2) is 30.5 Å². The third-order valence-electron chi connectivity index (χ3n) is 7.30. The van der Waals surface area contributed by atoms with E-state index in [2.05, 4.69) is 61.0 Å². The maximum atomic E-state index is 10.7. The van der Waals surface area contributed by atoms with Gasteiger partial charge >= 0.3 is 0 Å². The molecule has 0 saturated carbocycles. The average Bonchev–Trinajstić information content (AvgIpc) is 3.32. The number of hydrogen-bond donors (Lipinski definition) is 5. The number of nitrogens with zero attached hydrogens (tertiary/aromatic N) is 5. The van der Waals surface area contributed by atoms with Gasteiger partial charge in [0.05, 0.1) is 17.1 Å². The summed E-state index contributed by atoms with van der Waals surface area (Å²) >= 11 is 0. The van der Waals surface area contributed by atoms with Gasteiger partial charge in [-0.05, 0) is 37.3 Å². The van der Waals surface area contributed by atoms with E-state index in [0.29, 0.717) is 41.2 Å². The summed E-state index contributed by atoms with van der Waals surface area (Å²) in [6.07, 6.45) is 3.32. The van der Waals surface area contributed by atoms with E-state index in [-0.39, 0.29) is 6.04 Å². The van der Waals surface area contributed by atoms with E-state index in [1.54, 1.807) is 13.1 Å². The van der Waals surface area contributed by atoms with Gasteiger partial charge in [-0.3, -0.25) is 14.9 Å². The van der Waals surface area contributed by atoms with Gasteiger partial charge < -0.3 is 20.8 Å². The summed E-state index contributed by atoms with van der Waals surface area (Å²) in [7, 11) is 0. The fraction of sp³-hybridized carbons (Fsp3) is 0.500. The van der Waals surface area contributed by atoms with Crippen molar-refractivity contribution in [2.45, 2.75) is 51.1 Å². The lowest BCUT2D eigenvalue weighted by molar-refractivity contribution is 0.00477. The van der Waals surface area contributed by atoms with Crippen LogP contribution in [0.4, 0.5) is 11.6 Å². The van der Waals surface area contributed by atoms with Gasteiger partial charge in [-0.2, -0.15) is 10.4 Å². The molecule has 0 aliphatic carbocycles. The molecule has 2 atom stereocenters. The number of β-amino-alcohol motifs (C(OH)–C–C–N with tert-alkyl or cyclic N) is 1. The van der Waals surface area contributed by atoms with E-state index in [4.69, 9.17) is 0 Å². The van der Waals surface area contributed by atoms with E-state index in [0.717, 1.165) is 45.4 Å². The van der Waals surface area contributed by atoms with Crippen LogP contribution in [-0.2, 0) is 13.0 Å². The normalized spacial score (nSPS) is 18.9. The SMILES string of the molecule is CC(O)N1CCC(Nc2ncc(C#N)c3c(NC[C@H](O)CN4CCc5ccccc5C4)n[nH]c23)CC1. The summed E-state index contributed by atoms with van der Waals surface area (Å²) in [6, 6.07) is 10.9. The smallest absolute Gasteiger partial charge is 0.157 e. The highest BCUT2D eigenvalue weighted by Crippen LogP contribution is 2.30. The summed E-state index contributed by atoms with van der Waals surface area (Å²) in [4.78, 5) is 8.80. The fourth-order valence-electron chi connectivity index (χ4n) is 5.25. The van der Waals surface area contributed by atoms with Gasteiger partial charge in [0.15, 0.2) is 11.6 Å². The van der Waals surface area contributed by atoms with Crippen LogP contribution < -0.4 is 10.6 Å². The van der Waals surface area contributed by atoms with Gasteiger partial charge in [-0.25, -0.2) is 4.98 Å². The Kier molecular flexibility index (Phi) is 7.34. The predicted molar refractivity (Wildman–Crippen MR) is 138 cm³/mol. The second-order valence-electron chi connectivity index (χ2n) is 9.83. The number of hydrogen-bond acceptors (Lipinski definition) is 9. The molecule has 5 rings (SSSR count). The summed E-state index contributed by atoms with van der Waals surface area (Å²) in [5, 5.41) is 45.1. The lowest BCUT2D eigenvalue weighted by atomic mass is 10.00. The van der Waals surface area contributed by atoms with Gasteiger partial charge in [0, 0.05) is 51.5 Å². The number of aromatic nitrogens is 3. The van der Waals surface area contributed by atoms with E-state index in [1.807, 2.05) is 4.90 Å². The fourth-order valence-corrected chi connectivity index (χ4v) is 5.25. The minimum Gasteiger partial charge on any atom is -0.390 e. The van der Waals surface area contributed by atoms with Crippen LogP contribution in [0.1, 0.15) is 36.5 Å². The molecule has 1 fully saturated rings. The second kappa shape index (κ2) is 10.8. The molecule has 36 heavy (non-hydrogen) atoms. The van der Waals surface area contributed by atoms with Crippen LogP contribution in [0.5, 0.6) is 0 Å². The highest BCUT2D eigenvalue weighted by Gasteiger charge is 2.24. The Balaban J connectivity index is 1.23. The third kappa shape index (κ3) is 5.29. The van der Waals surface area contributed by atoms with Crippen LogP contribution in [-0.4, -0.2) is 86.3 Å². The molecule has 0 bridgehead atoms. The van der Waals surface area contributed by atoms with Crippen LogP contribution in [0.2, 0.25) is 0 Å². The molecule has 0 spiro atoms. The van der Waals surface area contributed by atoms with E-state index in [9.17, 15) is 15.5 Å². The molecule has 10 nitrogen and oxygen atoms in total. The second-order valence-corrected chi connectivity index (χ2v) is 9.83. The first-order chi connectivity index (χ1) is 17.5. The Bertz CT molecular complexity index is 1230. The minimum absolute atomic E-state index is 0.222. The van der Waals surface area contributed by atoms with Crippen molar-refractivity contribution in [1.82, 2.24) is 25.0 Å². The number of rotatable bonds is 8. The van der Waals surface area contributed by atoms with Crippen molar-refractivity contribution in [2.75, 3.05) is 43.4 Å². The first kappa shape index (κ1) is 24.5. The van der Waals surface area contributed by atoms with Gasteiger partial charge in [0.2, 0.25) is 0 Å². The molecule has 2 aliphatic rings. The number of anilines is 2. The number of likely N-dealkylation sites (tertiary alicyclic amines) is 1. The van der Waals surface area contributed by atoms with Gasteiger partial charge in [0.25, 0.3) is 0 Å².